The minimum Gasteiger partial charge on any atom is -0.383 e. The van der Waals surface area contributed by atoms with Crippen molar-refractivity contribution in [1.82, 2.24) is 4.90 Å². The van der Waals surface area contributed by atoms with Gasteiger partial charge in [-0.15, -0.1) is 0 Å². The van der Waals surface area contributed by atoms with Crippen molar-refractivity contribution in [2.24, 2.45) is 0 Å². The molecule has 4 nitrogen and oxygen atoms in total. The van der Waals surface area contributed by atoms with E-state index in [0.29, 0.717) is 5.75 Å². The van der Waals surface area contributed by atoms with E-state index in [9.17, 15) is 8.42 Å². The summed E-state index contributed by atoms with van der Waals surface area (Å²) in [6.07, 6.45) is 1.04. The lowest BCUT2D eigenvalue weighted by atomic mass is 10.1. The van der Waals surface area contributed by atoms with Gasteiger partial charge in [-0.3, -0.25) is 0 Å². The van der Waals surface area contributed by atoms with Crippen LogP contribution in [0.4, 0.5) is 0 Å². The van der Waals surface area contributed by atoms with Crippen LogP contribution in [0.15, 0.2) is 24.3 Å². The summed E-state index contributed by atoms with van der Waals surface area (Å²) in [7, 11) is 0.481. The second kappa shape index (κ2) is 4.84. The van der Waals surface area contributed by atoms with Gasteiger partial charge in [0, 0.05) is 6.04 Å². The molecule has 0 aliphatic rings. The van der Waals surface area contributed by atoms with E-state index in [1.165, 1.54) is 0 Å². The van der Waals surface area contributed by atoms with Crippen molar-refractivity contribution in [1.29, 1.82) is 0 Å². The molecule has 0 unspecified atom stereocenters. The molecule has 0 aliphatic carbocycles. The molecule has 0 aliphatic heterocycles. The molecule has 0 heterocycles. The van der Waals surface area contributed by atoms with Gasteiger partial charge in [0.2, 0.25) is 0 Å². The molecule has 5 heteroatoms. The van der Waals surface area contributed by atoms with Gasteiger partial charge in [0.1, 0.15) is 5.75 Å². The first-order chi connectivity index (χ1) is 7.29. The Hall–Kier alpha value is -1.07. The summed E-state index contributed by atoms with van der Waals surface area (Å²) in [5.74, 6) is 0.355. The molecular formula is C11H17NO3S. The topological polar surface area (TPSA) is 46.6 Å². The lowest BCUT2D eigenvalue weighted by Gasteiger charge is -2.20. The minimum absolute atomic E-state index is 0.211. The maximum atomic E-state index is 11.0. The first-order valence-electron chi connectivity index (χ1n) is 4.95. The van der Waals surface area contributed by atoms with Crippen molar-refractivity contribution < 1.29 is 12.6 Å². The van der Waals surface area contributed by atoms with Gasteiger partial charge in [-0.2, -0.15) is 8.42 Å². The lowest BCUT2D eigenvalue weighted by Crippen LogP contribution is -2.16. The van der Waals surface area contributed by atoms with E-state index in [1.54, 1.807) is 18.2 Å². The van der Waals surface area contributed by atoms with Gasteiger partial charge >= 0.3 is 10.1 Å². The second-order valence-electron chi connectivity index (χ2n) is 4.00. The smallest absolute Gasteiger partial charge is 0.306 e. The van der Waals surface area contributed by atoms with Crippen LogP contribution < -0.4 is 4.18 Å². The van der Waals surface area contributed by atoms with E-state index in [4.69, 9.17) is 4.18 Å². The molecule has 0 amide bonds. The van der Waals surface area contributed by atoms with Crippen molar-refractivity contribution in [2.75, 3.05) is 20.4 Å². The first-order valence-corrected chi connectivity index (χ1v) is 6.77. The number of nitrogens with zero attached hydrogens (tertiary/aromatic N) is 1. The summed E-state index contributed by atoms with van der Waals surface area (Å²) >= 11 is 0. The Balaban J connectivity index is 2.95. The molecule has 90 valence electrons. The zero-order chi connectivity index (χ0) is 12.3. The third kappa shape index (κ3) is 3.83. The maximum absolute atomic E-state index is 11.0. The number of rotatable bonds is 4. The van der Waals surface area contributed by atoms with Crippen molar-refractivity contribution in [3.63, 3.8) is 0 Å². The fourth-order valence-corrected chi connectivity index (χ4v) is 1.75. The molecule has 1 atom stereocenters. The zero-order valence-electron chi connectivity index (χ0n) is 9.97. The molecule has 1 aromatic carbocycles. The first kappa shape index (κ1) is 13.0. The van der Waals surface area contributed by atoms with Crippen LogP contribution in [-0.2, 0) is 10.1 Å². The highest BCUT2D eigenvalue weighted by molar-refractivity contribution is 7.86. The quantitative estimate of drug-likeness (QED) is 0.754. The van der Waals surface area contributed by atoms with E-state index in [1.807, 2.05) is 32.0 Å². The van der Waals surface area contributed by atoms with Crippen LogP contribution in [-0.4, -0.2) is 33.7 Å². The summed E-state index contributed by atoms with van der Waals surface area (Å²) in [4.78, 5) is 2.04. The SMILES string of the molecule is C[C@H](c1cccc(OS(C)(=O)=O)c1)N(C)C. The van der Waals surface area contributed by atoms with Crippen LogP contribution in [0, 0.1) is 0 Å². The molecule has 0 N–H and O–H groups in total. The van der Waals surface area contributed by atoms with Crippen LogP contribution >= 0.6 is 0 Å². The number of hydrogen-bond donors (Lipinski definition) is 0. The van der Waals surface area contributed by atoms with Gasteiger partial charge in [0.15, 0.2) is 0 Å². The monoisotopic (exact) mass is 243 g/mol. The highest BCUT2D eigenvalue weighted by Crippen LogP contribution is 2.22. The van der Waals surface area contributed by atoms with Crippen LogP contribution in [0.2, 0.25) is 0 Å². The van der Waals surface area contributed by atoms with Gasteiger partial charge in [-0.25, -0.2) is 0 Å². The average Bonchev–Trinajstić information content (AvgIpc) is 2.14. The standard InChI is InChI=1S/C11H17NO3S/c1-9(12(2)3)10-6-5-7-11(8-10)15-16(4,13)14/h5-9H,1-4H3/t9-/m1/s1. The van der Waals surface area contributed by atoms with E-state index < -0.39 is 10.1 Å². The van der Waals surface area contributed by atoms with E-state index >= 15 is 0 Å². The molecule has 0 saturated heterocycles. The zero-order valence-corrected chi connectivity index (χ0v) is 10.8. The Morgan fingerprint density at radius 3 is 2.44 bits per heavy atom. The number of hydrogen-bond acceptors (Lipinski definition) is 4. The fourth-order valence-electron chi connectivity index (χ4n) is 1.30. The lowest BCUT2D eigenvalue weighted by molar-refractivity contribution is 0.320. The van der Waals surface area contributed by atoms with Crippen LogP contribution in [0.1, 0.15) is 18.5 Å². The highest BCUT2D eigenvalue weighted by Gasteiger charge is 2.10. The van der Waals surface area contributed by atoms with E-state index in [0.717, 1.165) is 11.8 Å². The second-order valence-corrected chi connectivity index (χ2v) is 5.57. The van der Waals surface area contributed by atoms with Gasteiger partial charge < -0.3 is 9.08 Å². The fraction of sp³-hybridized carbons (Fsp3) is 0.455. The van der Waals surface area contributed by atoms with Gasteiger partial charge in [-0.1, -0.05) is 12.1 Å². The molecule has 0 aromatic heterocycles. The third-order valence-electron chi connectivity index (χ3n) is 2.36. The number of benzene rings is 1. The van der Waals surface area contributed by atoms with E-state index in [-0.39, 0.29) is 6.04 Å². The molecule has 0 radical (unpaired) electrons. The Morgan fingerprint density at radius 2 is 1.94 bits per heavy atom. The van der Waals surface area contributed by atoms with Crippen molar-refractivity contribution >= 4 is 10.1 Å². The highest BCUT2D eigenvalue weighted by atomic mass is 32.2. The van der Waals surface area contributed by atoms with Crippen LogP contribution in [0.25, 0.3) is 0 Å². The molecule has 1 aromatic rings. The molecule has 0 spiro atoms. The maximum Gasteiger partial charge on any atom is 0.306 e. The third-order valence-corrected chi connectivity index (χ3v) is 2.86. The Bertz CT molecular complexity index is 454. The van der Waals surface area contributed by atoms with Crippen molar-refractivity contribution in [3.05, 3.63) is 29.8 Å². The van der Waals surface area contributed by atoms with Crippen molar-refractivity contribution in [3.8, 4) is 5.75 Å². The Morgan fingerprint density at radius 1 is 1.31 bits per heavy atom. The van der Waals surface area contributed by atoms with E-state index in [2.05, 4.69) is 0 Å². The summed E-state index contributed by atoms with van der Waals surface area (Å²) < 4.78 is 26.8. The predicted octanol–water partition coefficient (Wildman–Crippen LogP) is 1.65. The molecule has 16 heavy (non-hydrogen) atoms. The van der Waals surface area contributed by atoms with Crippen LogP contribution in [0.5, 0.6) is 5.75 Å². The summed E-state index contributed by atoms with van der Waals surface area (Å²) in [5, 5.41) is 0. The Kier molecular flexibility index (Phi) is 3.93. The minimum atomic E-state index is -3.45. The molecule has 0 saturated carbocycles. The normalized spacial score (nSPS) is 13.8. The Labute approximate surface area is 97.0 Å². The summed E-state index contributed by atoms with van der Waals surface area (Å²) in [5.41, 5.74) is 1.02. The van der Waals surface area contributed by atoms with Gasteiger partial charge in [-0.05, 0) is 38.7 Å². The van der Waals surface area contributed by atoms with Crippen molar-refractivity contribution in [2.45, 2.75) is 13.0 Å². The van der Waals surface area contributed by atoms with Gasteiger partial charge in [0.05, 0.1) is 6.26 Å². The summed E-state index contributed by atoms with van der Waals surface area (Å²) in [6, 6.07) is 7.32. The molecule has 1 rings (SSSR count). The van der Waals surface area contributed by atoms with Gasteiger partial charge in [0.25, 0.3) is 0 Å². The molecule has 0 fully saturated rings. The predicted molar refractivity (Wildman–Crippen MR) is 64.0 cm³/mol. The van der Waals surface area contributed by atoms with Crippen LogP contribution in [0.3, 0.4) is 0 Å². The summed E-state index contributed by atoms with van der Waals surface area (Å²) in [6.45, 7) is 2.04. The molecular weight excluding hydrogens is 226 g/mol. The largest absolute Gasteiger partial charge is 0.383 e. The average molecular weight is 243 g/mol. The molecule has 0 bridgehead atoms.